The second-order valence-corrected chi connectivity index (χ2v) is 15.6. The molecule has 0 radical (unpaired) electrons. The summed E-state index contributed by atoms with van der Waals surface area (Å²) in [4.78, 5) is 42.3. The molecule has 2 saturated carbocycles. The van der Waals surface area contributed by atoms with Crippen molar-refractivity contribution < 1.29 is 28.5 Å². The molecule has 1 aromatic heterocycles. The predicted octanol–water partition coefficient (Wildman–Crippen LogP) is 5.63. The summed E-state index contributed by atoms with van der Waals surface area (Å²) in [5.74, 6) is 0.579. The first kappa shape index (κ1) is 35.1. The molecule has 12 heteroatoms. The summed E-state index contributed by atoms with van der Waals surface area (Å²) in [6.07, 6.45) is 9.55. The summed E-state index contributed by atoms with van der Waals surface area (Å²) in [5, 5.41) is 3.27. The number of halogens is 1. The van der Waals surface area contributed by atoms with Gasteiger partial charge in [0.15, 0.2) is 11.5 Å². The van der Waals surface area contributed by atoms with Gasteiger partial charge >= 0.3 is 5.97 Å². The van der Waals surface area contributed by atoms with Gasteiger partial charge in [-0.1, -0.05) is 11.6 Å². The summed E-state index contributed by atoms with van der Waals surface area (Å²) in [5.41, 5.74) is 1.19. The standard InChI is InChI=1S/C36H48ClN3O7S/c1-20-13-31(48-6)28(35(43)40(20)36(4,5)19-45-22(3)41)15-38-34(42)27-14-29(37)33-32(21(27)2)47-30(18-44-33)23-7-9-24(10-8-23)39-16-26(17-39)46-25-11-12-25/h13-14,23-26,30H,7-12,15-19H2,1-6H3,(H,38,42)/t23?,24?,30-/m1/s1. The summed E-state index contributed by atoms with van der Waals surface area (Å²) < 4.78 is 25.7. The number of nitrogens with zero attached hydrogens (tertiary/aromatic N) is 2. The van der Waals surface area contributed by atoms with Crippen molar-refractivity contribution in [1.29, 1.82) is 0 Å². The van der Waals surface area contributed by atoms with E-state index in [1.165, 1.54) is 31.5 Å². The first-order valence-corrected chi connectivity index (χ1v) is 18.7. The van der Waals surface area contributed by atoms with Gasteiger partial charge in [0.1, 0.15) is 19.3 Å². The zero-order valence-corrected chi connectivity index (χ0v) is 30.4. The predicted molar refractivity (Wildman–Crippen MR) is 186 cm³/mol. The molecule has 48 heavy (non-hydrogen) atoms. The topological polar surface area (TPSA) is 108 Å². The minimum atomic E-state index is -0.791. The Hall–Kier alpha value is -2.73. The number of benzene rings is 1. The normalized spacial score (nSPS) is 23.0. The molecule has 1 atom stereocenters. The van der Waals surface area contributed by atoms with E-state index in [1.807, 2.05) is 40.0 Å². The van der Waals surface area contributed by atoms with Crippen LogP contribution in [0.1, 0.15) is 86.5 Å². The number of hydrogen-bond donors (Lipinski definition) is 1. The van der Waals surface area contributed by atoms with Crippen LogP contribution in [0.2, 0.25) is 5.02 Å². The monoisotopic (exact) mass is 701 g/mol. The van der Waals surface area contributed by atoms with Crippen LogP contribution >= 0.6 is 23.4 Å². The third-order valence-corrected chi connectivity index (χ3v) is 11.3. The molecule has 0 bridgehead atoms. The second-order valence-electron chi connectivity index (χ2n) is 14.4. The maximum absolute atomic E-state index is 13.8. The van der Waals surface area contributed by atoms with Crippen molar-refractivity contribution in [2.75, 3.05) is 32.6 Å². The maximum Gasteiger partial charge on any atom is 0.302 e. The minimum absolute atomic E-state index is 0.0135. The number of likely N-dealkylation sites (tertiary alicyclic amines) is 1. The highest BCUT2D eigenvalue weighted by Gasteiger charge is 2.40. The molecular formula is C36H48ClN3O7S. The number of nitrogens with one attached hydrogen (secondary N) is 1. The van der Waals surface area contributed by atoms with E-state index in [2.05, 4.69) is 10.2 Å². The molecule has 1 saturated heterocycles. The Balaban J connectivity index is 1.12. The zero-order valence-electron chi connectivity index (χ0n) is 28.9. The molecule has 6 rings (SSSR count). The summed E-state index contributed by atoms with van der Waals surface area (Å²) in [6, 6.07) is 4.14. The average Bonchev–Trinajstić information content (AvgIpc) is 3.86. The first-order valence-electron chi connectivity index (χ1n) is 17.1. The summed E-state index contributed by atoms with van der Waals surface area (Å²) >= 11 is 8.10. The molecule has 1 N–H and O–H groups in total. The Morgan fingerprint density at radius 1 is 1.06 bits per heavy atom. The number of ether oxygens (including phenoxy) is 4. The fourth-order valence-electron chi connectivity index (χ4n) is 7.41. The lowest BCUT2D eigenvalue weighted by Crippen LogP contribution is -2.57. The van der Waals surface area contributed by atoms with Crippen LogP contribution in [0.25, 0.3) is 0 Å². The zero-order chi connectivity index (χ0) is 34.3. The number of aromatic nitrogens is 1. The third kappa shape index (κ3) is 7.39. The van der Waals surface area contributed by atoms with Crippen LogP contribution in [-0.4, -0.2) is 78.3 Å². The summed E-state index contributed by atoms with van der Waals surface area (Å²) in [7, 11) is 0. The van der Waals surface area contributed by atoms with Crippen molar-refractivity contribution in [1.82, 2.24) is 14.8 Å². The molecular weight excluding hydrogens is 654 g/mol. The molecule has 4 aliphatic rings. The Bertz CT molecular complexity index is 1610. The number of aryl methyl sites for hydroxylation is 1. The van der Waals surface area contributed by atoms with Crippen molar-refractivity contribution in [2.45, 2.75) is 114 Å². The van der Waals surface area contributed by atoms with Crippen molar-refractivity contribution in [3.8, 4) is 11.5 Å². The van der Waals surface area contributed by atoms with Gasteiger partial charge in [0, 0.05) is 54.3 Å². The van der Waals surface area contributed by atoms with E-state index >= 15 is 0 Å². The van der Waals surface area contributed by atoms with Crippen molar-refractivity contribution >= 4 is 35.2 Å². The largest absolute Gasteiger partial charge is 0.484 e. The molecule has 262 valence electrons. The van der Waals surface area contributed by atoms with Gasteiger partial charge in [-0.05, 0) is 90.5 Å². The van der Waals surface area contributed by atoms with Gasteiger partial charge in [-0.2, -0.15) is 0 Å². The van der Waals surface area contributed by atoms with Gasteiger partial charge in [0.05, 0.1) is 28.3 Å². The maximum atomic E-state index is 13.8. The first-order chi connectivity index (χ1) is 22.9. The molecule has 1 amide bonds. The molecule has 3 heterocycles. The molecule has 2 aliphatic heterocycles. The van der Waals surface area contributed by atoms with Gasteiger partial charge in [-0.3, -0.25) is 19.3 Å². The number of amides is 1. The van der Waals surface area contributed by atoms with E-state index in [4.69, 9.17) is 30.5 Å². The van der Waals surface area contributed by atoms with Crippen molar-refractivity contribution in [3.05, 3.63) is 49.9 Å². The fourth-order valence-corrected chi connectivity index (χ4v) is 8.36. The summed E-state index contributed by atoms with van der Waals surface area (Å²) in [6.45, 7) is 11.3. The van der Waals surface area contributed by atoms with Crippen LogP contribution in [0.15, 0.2) is 21.8 Å². The van der Waals surface area contributed by atoms with Crippen molar-refractivity contribution in [2.24, 2.45) is 5.92 Å². The van der Waals surface area contributed by atoms with Crippen molar-refractivity contribution in [3.63, 3.8) is 0 Å². The van der Waals surface area contributed by atoms with Gasteiger partial charge in [0.25, 0.3) is 11.5 Å². The molecule has 1 aromatic carbocycles. The number of thioether (sulfide) groups is 1. The van der Waals surface area contributed by atoms with Crippen LogP contribution < -0.4 is 20.3 Å². The number of rotatable bonds is 11. The second kappa shape index (κ2) is 14.2. The highest BCUT2D eigenvalue weighted by atomic mass is 35.5. The van der Waals surface area contributed by atoms with Gasteiger partial charge in [0.2, 0.25) is 0 Å². The van der Waals surface area contributed by atoms with Crippen LogP contribution in [0.4, 0.5) is 0 Å². The Labute approximate surface area is 292 Å². The van der Waals surface area contributed by atoms with Gasteiger partial charge < -0.3 is 28.8 Å². The molecule has 0 unspecified atom stereocenters. The molecule has 2 aromatic rings. The van der Waals surface area contributed by atoms with E-state index in [0.29, 0.717) is 64.0 Å². The van der Waals surface area contributed by atoms with Crippen LogP contribution in [0.5, 0.6) is 11.5 Å². The van der Waals surface area contributed by atoms with Crippen LogP contribution in [0, 0.1) is 19.8 Å². The lowest BCUT2D eigenvalue weighted by atomic mass is 9.81. The lowest BCUT2D eigenvalue weighted by Gasteiger charge is -2.47. The van der Waals surface area contributed by atoms with E-state index in [0.717, 1.165) is 49.4 Å². The number of fused-ring (bicyclic) bond motifs is 1. The Morgan fingerprint density at radius 3 is 2.42 bits per heavy atom. The minimum Gasteiger partial charge on any atom is -0.484 e. The van der Waals surface area contributed by atoms with E-state index in [1.54, 1.807) is 10.6 Å². The third-order valence-electron chi connectivity index (χ3n) is 10.2. The molecule has 10 nitrogen and oxygen atoms in total. The Kier molecular flexibility index (Phi) is 10.4. The fraction of sp³-hybridized carbons (Fsp3) is 0.639. The van der Waals surface area contributed by atoms with E-state index in [-0.39, 0.29) is 30.7 Å². The Morgan fingerprint density at radius 2 is 1.77 bits per heavy atom. The smallest absolute Gasteiger partial charge is 0.302 e. The van der Waals surface area contributed by atoms with Gasteiger partial charge in [-0.15, -0.1) is 11.8 Å². The lowest BCUT2D eigenvalue weighted by molar-refractivity contribution is -0.143. The van der Waals surface area contributed by atoms with Crippen LogP contribution in [0.3, 0.4) is 0 Å². The highest BCUT2D eigenvalue weighted by Crippen LogP contribution is 2.45. The van der Waals surface area contributed by atoms with E-state index < -0.39 is 11.5 Å². The van der Waals surface area contributed by atoms with E-state index in [9.17, 15) is 14.4 Å². The molecule has 0 spiro atoms. The number of esters is 1. The number of carbonyl (C=O) groups excluding carboxylic acids is 2. The van der Waals surface area contributed by atoms with Crippen LogP contribution in [-0.2, 0) is 26.4 Å². The molecule has 3 fully saturated rings. The highest BCUT2D eigenvalue weighted by molar-refractivity contribution is 7.98. The van der Waals surface area contributed by atoms with Gasteiger partial charge in [-0.25, -0.2) is 0 Å². The quantitative estimate of drug-likeness (QED) is 0.236. The average molecular weight is 702 g/mol. The number of hydrogen-bond acceptors (Lipinski definition) is 9. The number of pyridine rings is 1. The molecule has 2 aliphatic carbocycles. The SMILES string of the molecule is CSc1cc(C)n(C(C)(C)COC(C)=O)c(=O)c1CNC(=O)c1cc(Cl)c2c(c1C)O[C@@H](C1CCC(N3CC(OC4CC4)C3)CC1)CO2. The number of carbonyl (C=O) groups is 2.